The third-order valence-corrected chi connectivity index (χ3v) is 3.09. The van der Waals surface area contributed by atoms with Gasteiger partial charge in [-0.15, -0.1) is 0 Å². The summed E-state index contributed by atoms with van der Waals surface area (Å²) in [6, 6.07) is 11.6. The molecule has 0 heterocycles. The van der Waals surface area contributed by atoms with Gasteiger partial charge in [0.1, 0.15) is 17.1 Å². The van der Waals surface area contributed by atoms with Crippen LogP contribution in [0, 0.1) is 6.92 Å². The largest absolute Gasteiger partial charge is 0.478 e. The van der Waals surface area contributed by atoms with Crippen LogP contribution in [-0.4, -0.2) is 16.9 Å². The number of carbonyl (C=O) groups is 2. The van der Waals surface area contributed by atoms with Crippen LogP contribution in [0.1, 0.15) is 39.6 Å². The van der Waals surface area contributed by atoms with Crippen molar-refractivity contribution in [1.29, 1.82) is 0 Å². The third-order valence-electron chi connectivity index (χ3n) is 3.09. The second-order valence-electron chi connectivity index (χ2n) is 4.71. The topological polar surface area (TPSA) is 63.6 Å². The maximum Gasteiger partial charge on any atom is 0.339 e. The Hall–Kier alpha value is -2.62. The lowest BCUT2D eigenvalue weighted by atomic mass is 10.1. The van der Waals surface area contributed by atoms with Crippen molar-refractivity contribution in [3.05, 3.63) is 59.2 Å². The molecule has 0 aliphatic heterocycles. The highest BCUT2D eigenvalue weighted by atomic mass is 16.5. The predicted molar refractivity (Wildman–Crippen MR) is 79.3 cm³/mol. The summed E-state index contributed by atoms with van der Waals surface area (Å²) in [6.07, 6.45) is 0.446. The molecule has 0 saturated carbocycles. The molecule has 0 spiro atoms. The molecule has 2 aromatic carbocycles. The van der Waals surface area contributed by atoms with Crippen LogP contribution >= 0.6 is 0 Å². The van der Waals surface area contributed by atoms with Gasteiger partial charge in [-0.25, -0.2) is 4.79 Å². The van der Waals surface area contributed by atoms with Crippen LogP contribution in [0.3, 0.4) is 0 Å². The van der Waals surface area contributed by atoms with E-state index in [1.807, 2.05) is 6.92 Å². The SMILES string of the molecule is CCC(=O)c1ccc(Oc2cc(C)ccc2C(=O)O)cc1. The molecule has 108 valence electrons. The van der Waals surface area contributed by atoms with Crippen molar-refractivity contribution in [3.8, 4) is 11.5 Å². The molecule has 0 saturated heterocycles. The number of carboxylic acid groups (broad SMARTS) is 1. The molecule has 4 nitrogen and oxygen atoms in total. The highest BCUT2D eigenvalue weighted by Crippen LogP contribution is 2.27. The predicted octanol–water partition coefficient (Wildman–Crippen LogP) is 4.08. The van der Waals surface area contributed by atoms with E-state index >= 15 is 0 Å². The number of benzene rings is 2. The van der Waals surface area contributed by atoms with Crippen molar-refractivity contribution in [2.75, 3.05) is 0 Å². The zero-order valence-corrected chi connectivity index (χ0v) is 11.9. The summed E-state index contributed by atoms with van der Waals surface area (Å²) in [6.45, 7) is 3.67. The van der Waals surface area contributed by atoms with Gasteiger partial charge in [0.05, 0.1) is 0 Å². The van der Waals surface area contributed by atoms with Gasteiger partial charge in [-0.3, -0.25) is 4.79 Å². The fourth-order valence-corrected chi connectivity index (χ4v) is 1.93. The summed E-state index contributed by atoms with van der Waals surface area (Å²) >= 11 is 0. The lowest BCUT2D eigenvalue weighted by molar-refractivity contribution is 0.0694. The Labute approximate surface area is 123 Å². The number of hydrogen-bond donors (Lipinski definition) is 1. The maximum absolute atomic E-state index is 11.6. The average Bonchev–Trinajstić information content (AvgIpc) is 2.47. The van der Waals surface area contributed by atoms with Gasteiger partial charge in [0.25, 0.3) is 0 Å². The molecule has 0 aliphatic carbocycles. The molecule has 2 aromatic rings. The zero-order valence-electron chi connectivity index (χ0n) is 11.9. The highest BCUT2D eigenvalue weighted by molar-refractivity contribution is 5.96. The Morgan fingerprint density at radius 2 is 1.76 bits per heavy atom. The van der Waals surface area contributed by atoms with Gasteiger partial charge in [0.15, 0.2) is 5.78 Å². The van der Waals surface area contributed by atoms with Crippen molar-refractivity contribution in [1.82, 2.24) is 0 Å². The summed E-state index contributed by atoms with van der Waals surface area (Å²) < 4.78 is 5.63. The second-order valence-corrected chi connectivity index (χ2v) is 4.71. The molecule has 1 N–H and O–H groups in total. The highest BCUT2D eigenvalue weighted by Gasteiger charge is 2.12. The van der Waals surface area contributed by atoms with E-state index in [1.165, 1.54) is 6.07 Å². The van der Waals surface area contributed by atoms with Gasteiger partial charge in [0, 0.05) is 12.0 Å². The van der Waals surface area contributed by atoms with Gasteiger partial charge in [-0.1, -0.05) is 13.0 Å². The molecule has 0 aromatic heterocycles. The quantitative estimate of drug-likeness (QED) is 0.840. The van der Waals surface area contributed by atoms with Crippen molar-refractivity contribution < 1.29 is 19.4 Å². The molecule has 0 atom stereocenters. The first-order valence-electron chi connectivity index (χ1n) is 6.66. The van der Waals surface area contributed by atoms with Gasteiger partial charge < -0.3 is 9.84 Å². The van der Waals surface area contributed by atoms with Crippen LogP contribution in [0.15, 0.2) is 42.5 Å². The molecule has 0 aliphatic rings. The first-order chi connectivity index (χ1) is 10.0. The summed E-state index contributed by atoms with van der Waals surface area (Å²) in [5, 5.41) is 9.16. The molecule has 0 unspecified atom stereocenters. The van der Waals surface area contributed by atoms with E-state index in [4.69, 9.17) is 9.84 Å². The molecule has 0 bridgehead atoms. The minimum absolute atomic E-state index is 0.0586. The lowest BCUT2D eigenvalue weighted by Crippen LogP contribution is -2.01. The van der Waals surface area contributed by atoms with Crippen molar-refractivity contribution in [2.24, 2.45) is 0 Å². The number of hydrogen-bond acceptors (Lipinski definition) is 3. The van der Waals surface area contributed by atoms with Gasteiger partial charge in [-0.2, -0.15) is 0 Å². The van der Waals surface area contributed by atoms with E-state index in [1.54, 1.807) is 43.3 Å². The van der Waals surface area contributed by atoms with Crippen molar-refractivity contribution >= 4 is 11.8 Å². The van der Waals surface area contributed by atoms with E-state index in [0.717, 1.165) is 5.56 Å². The molecule has 0 amide bonds. The standard InChI is InChI=1S/C17H16O4/c1-3-15(18)12-5-7-13(8-6-12)21-16-10-11(2)4-9-14(16)17(19)20/h4-10H,3H2,1-2H3,(H,19,20). The fraction of sp³-hybridized carbons (Fsp3) is 0.176. The molecule has 21 heavy (non-hydrogen) atoms. The second kappa shape index (κ2) is 6.22. The minimum atomic E-state index is -1.04. The van der Waals surface area contributed by atoms with Gasteiger partial charge in [0.2, 0.25) is 0 Å². The number of aryl methyl sites for hydroxylation is 1. The number of ketones is 1. The Bertz CT molecular complexity index is 672. The molecule has 0 radical (unpaired) electrons. The number of ether oxygens (including phenoxy) is 1. The number of carboxylic acids is 1. The normalized spacial score (nSPS) is 10.2. The number of rotatable bonds is 5. The average molecular weight is 284 g/mol. The first kappa shape index (κ1) is 14.8. The van der Waals surface area contributed by atoms with E-state index in [0.29, 0.717) is 17.7 Å². The van der Waals surface area contributed by atoms with E-state index < -0.39 is 5.97 Å². The molecule has 0 fully saturated rings. The number of carbonyl (C=O) groups excluding carboxylic acids is 1. The molecular weight excluding hydrogens is 268 g/mol. The summed E-state index contributed by atoms with van der Waals surface area (Å²) in [4.78, 5) is 22.7. The van der Waals surface area contributed by atoms with E-state index in [-0.39, 0.29) is 17.1 Å². The molecule has 4 heteroatoms. The van der Waals surface area contributed by atoms with Crippen molar-refractivity contribution in [2.45, 2.75) is 20.3 Å². The third kappa shape index (κ3) is 3.48. The Morgan fingerprint density at radius 3 is 2.33 bits per heavy atom. The number of Topliss-reactive ketones (excluding diaryl/α,β-unsaturated/α-hetero) is 1. The van der Waals surface area contributed by atoms with Crippen molar-refractivity contribution in [3.63, 3.8) is 0 Å². The summed E-state index contributed by atoms with van der Waals surface area (Å²) in [5.74, 6) is -0.195. The van der Waals surface area contributed by atoms with Gasteiger partial charge in [-0.05, 0) is 48.9 Å². The first-order valence-corrected chi connectivity index (χ1v) is 6.66. The van der Waals surface area contributed by atoms with E-state index in [2.05, 4.69) is 0 Å². The van der Waals surface area contributed by atoms with Crippen LogP contribution < -0.4 is 4.74 Å². The van der Waals surface area contributed by atoms with Crippen LogP contribution in [0.4, 0.5) is 0 Å². The molecule has 2 rings (SSSR count). The summed E-state index contributed by atoms with van der Waals surface area (Å²) in [7, 11) is 0. The van der Waals surface area contributed by atoms with Crippen LogP contribution in [-0.2, 0) is 0 Å². The lowest BCUT2D eigenvalue weighted by Gasteiger charge is -2.10. The maximum atomic E-state index is 11.6. The monoisotopic (exact) mass is 284 g/mol. The number of aromatic carboxylic acids is 1. The van der Waals surface area contributed by atoms with Gasteiger partial charge >= 0.3 is 5.97 Å². The van der Waals surface area contributed by atoms with Crippen LogP contribution in [0.25, 0.3) is 0 Å². The fourth-order valence-electron chi connectivity index (χ4n) is 1.93. The van der Waals surface area contributed by atoms with E-state index in [9.17, 15) is 9.59 Å². The smallest absolute Gasteiger partial charge is 0.339 e. The Morgan fingerprint density at radius 1 is 1.10 bits per heavy atom. The Balaban J connectivity index is 2.28. The summed E-state index contributed by atoms with van der Waals surface area (Å²) in [5.41, 5.74) is 1.63. The van der Waals surface area contributed by atoms with Crippen LogP contribution in [0.2, 0.25) is 0 Å². The zero-order chi connectivity index (χ0) is 15.4. The minimum Gasteiger partial charge on any atom is -0.478 e. The van der Waals surface area contributed by atoms with Crippen LogP contribution in [0.5, 0.6) is 11.5 Å². The Kier molecular flexibility index (Phi) is 4.38. The molecular formula is C17H16O4.